The molecule has 1 aromatic carbocycles. The first-order valence-corrected chi connectivity index (χ1v) is 7.41. The van der Waals surface area contributed by atoms with Crippen molar-refractivity contribution >= 4 is 33.2 Å². The summed E-state index contributed by atoms with van der Waals surface area (Å²) >= 11 is 11.7. The summed E-state index contributed by atoms with van der Waals surface area (Å²) in [4.78, 5) is 0.0265. The van der Waals surface area contributed by atoms with E-state index in [4.69, 9.17) is 23.2 Å². The minimum absolute atomic E-state index is 0.0265. The standard InChI is InChI=1S/C10H12Cl2N2O2S/c11-8-2-1-3-9(10(8)12)17(15,16)14-7-4-5-13-6-7/h1-3,7,13-14H,4-6H2. The Balaban J connectivity index is 2.28. The first-order valence-electron chi connectivity index (χ1n) is 5.18. The van der Waals surface area contributed by atoms with Gasteiger partial charge < -0.3 is 5.32 Å². The highest BCUT2D eigenvalue weighted by Crippen LogP contribution is 2.28. The van der Waals surface area contributed by atoms with Crippen LogP contribution in [0.4, 0.5) is 0 Å². The quantitative estimate of drug-likeness (QED) is 0.891. The van der Waals surface area contributed by atoms with E-state index in [1.165, 1.54) is 6.07 Å². The van der Waals surface area contributed by atoms with E-state index >= 15 is 0 Å². The lowest BCUT2D eigenvalue weighted by atomic mass is 10.3. The molecule has 4 nitrogen and oxygen atoms in total. The molecule has 1 atom stereocenters. The summed E-state index contributed by atoms with van der Waals surface area (Å²) in [6.07, 6.45) is 0.775. The van der Waals surface area contributed by atoms with Gasteiger partial charge in [0.1, 0.15) is 4.90 Å². The Labute approximate surface area is 110 Å². The first kappa shape index (κ1) is 13.1. The Morgan fingerprint density at radius 1 is 1.35 bits per heavy atom. The maximum atomic E-state index is 12.1. The van der Waals surface area contributed by atoms with E-state index in [2.05, 4.69) is 10.0 Å². The molecular weight excluding hydrogens is 283 g/mol. The molecule has 1 unspecified atom stereocenters. The Kier molecular flexibility index (Phi) is 3.95. The van der Waals surface area contributed by atoms with E-state index in [1.54, 1.807) is 12.1 Å². The second-order valence-corrected chi connectivity index (χ2v) is 6.33. The van der Waals surface area contributed by atoms with E-state index in [1.807, 2.05) is 0 Å². The van der Waals surface area contributed by atoms with Crippen molar-refractivity contribution in [2.24, 2.45) is 0 Å². The van der Waals surface area contributed by atoms with Crippen molar-refractivity contribution in [2.75, 3.05) is 13.1 Å². The number of benzene rings is 1. The van der Waals surface area contributed by atoms with E-state index in [0.717, 1.165) is 13.0 Å². The van der Waals surface area contributed by atoms with Crippen molar-refractivity contribution < 1.29 is 8.42 Å². The van der Waals surface area contributed by atoms with Crippen LogP contribution in [-0.2, 0) is 10.0 Å². The van der Waals surface area contributed by atoms with Crippen molar-refractivity contribution in [3.8, 4) is 0 Å². The molecule has 0 bridgehead atoms. The van der Waals surface area contributed by atoms with Crippen LogP contribution in [0.2, 0.25) is 10.0 Å². The molecule has 7 heteroatoms. The monoisotopic (exact) mass is 294 g/mol. The highest BCUT2D eigenvalue weighted by molar-refractivity contribution is 7.89. The smallest absolute Gasteiger partial charge is 0.242 e. The van der Waals surface area contributed by atoms with Crippen molar-refractivity contribution in [3.05, 3.63) is 28.2 Å². The molecule has 17 heavy (non-hydrogen) atoms. The average molecular weight is 295 g/mol. The lowest BCUT2D eigenvalue weighted by molar-refractivity contribution is 0.560. The van der Waals surface area contributed by atoms with Gasteiger partial charge in [-0.2, -0.15) is 0 Å². The normalized spacial score (nSPS) is 20.7. The average Bonchev–Trinajstić information content (AvgIpc) is 2.73. The fourth-order valence-electron chi connectivity index (χ4n) is 1.73. The zero-order valence-electron chi connectivity index (χ0n) is 8.91. The maximum absolute atomic E-state index is 12.1. The van der Waals surface area contributed by atoms with Gasteiger partial charge >= 0.3 is 0 Å². The Bertz CT molecular complexity index is 513. The predicted octanol–water partition coefficient (Wildman–Crippen LogP) is 1.63. The molecule has 0 aromatic heterocycles. The molecule has 1 aliphatic heterocycles. The van der Waals surface area contributed by atoms with Crippen LogP contribution in [0.1, 0.15) is 6.42 Å². The Hall–Kier alpha value is -0.330. The van der Waals surface area contributed by atoms with Crippen LogP contribution < -0.4 is 10.0 Å². The van der Waals surface area contributed by atoms with Gasteiger partial charge in [0.2, 0.25) is 10.0 Å². The van der Waals surface area contributed by atoms with E-state index in [-0.39, 0.29) is 21.0 Å². The van der Waals surface area contributed by atoms with Crippen molar-refractivity contribution in [1.29, 1.82) is 0 Å². The summed E-state index contributed by atoms with van der Waals surface area (Å²) in [5, 5.41) is 3.38. The van der Waals surface area contributed by atoms with Crippen LogP contribution in [-0.4, -0.2) is 27.5 Å². The fourth-order valence-corrected chi connectivity index (χ4v) is 3.76. The van der Waals surface area contributed by atoms with Crippen LogP contribution in [0.15, 0.2) is 23.1 Å². The minimum atomic E-state index is -3.60. The summed E-state index contributed by atoms with van der Waals surface area (Å²) < 4.78 is 26.8. The molecule has 1 heterocycles. The minimum Gasteiger partial charge on any atom is -0.315 e. The SMILES string of the molecule is O=S(=O)(NC1CCNC1)c1cccc(Cl)c1Cl. The van der Waals surface area contributed by atoms with Crippen molar-refractivity contribution in [2.45, 2.75) is 17.4 Å². The second-order valence-electron chi connectivity index (χ2n) is 3.86. The molecule has 2 N–H and O–H groups in total. The summed E-state index contributed by atoms with van der Waals surface area (Å²) in [6, 6.07) is 4.48. The van der Waals surface area contributed by atoms with Gasteiger partial charge in [-0.15, -0.1) is 0 Å². The van der Waals surface area contributed by atoms with Gasteiger partial charge in [-0.05, 0) is 25.1 Å². The first-order chi connectivity index (χ1) is 8.00. The highest BCUT2D eigenvalue weighted by atomic mass is 35.5. The lowest BCUT2D eigenvalue weighted by Gasteiger charge is -2.13. The molecule has 0 radical (unpaired) electrons. The third-order valence-electron chi connectivity index (χ3n) is 2.59. The fraction of sp³-hybridized carbons (Fsp3) is 0.400. The molecule has 0 aliphatic carbocycles. The molecule has 1 aliphatic rings. The lowest BCUT2D eigenvalue weighted by Crippen LogP contribution is -2.36. The van der Waals surface area contributed by atoms with Crippen LogP contribution in [0.3, 0.4) is 0 Å². The largest absolute Gasteiger partial charge is 0.315 e. The summed E-state index contributed by atoms with van der Waals surface area (Å²) in [5.74, 6) is 0. The van der Waals surface area contributed by atoms with Gasteiger partial charge in [0.25, 0.3) is 0 Å². The zero-order valence-corrected chi connectivity index (χ0v) is 11.2. The van der Waals surface area contributed by atoms with Gasteiger partial charge in [-0.25, -0.2) is 13.1 Å². The van der Waals surface area contributed by atoms with Gasteiger partial charge in [0.05, 0.1) is 10.0 Å². The molecule has 0 amide bonds. The maximum Gasteiger partial charge on any atom is 0.242 e. The Morgan fingerprint density at radius 2 is 2.12 bits per heavy atom. The predicted molar refractivity (Wildman–Crippen MR) is 68.1 cm³/mol. The van der Waals surface area contributed by atoms with E-state index < -0.39 is 10.0 Å². The topological polar surface area (TPSA) is 58.2 Å². The molecule has 94 valence electrons. The summed E-state index contributed by atoms with van der Waals surface area (Å²) in [7, 11) is -3.60. The van der Waals surface area contributed by atoms with Crippen LogP contribution in [0, 0.1) is 0 Å². The molecular formula is C10H12Cl2N2O2S. The molecule has 1 fully saturated rings. The van der Waals surface area contributed by atoms with Gasteiger partial charge in [0.15, 0.2) is 0 Å². The third kappa shape index (κ3) is 2.92. The Morgan fingerprint density at radius 3 is 2.76 bits per heavy atom. The van der Waals surface area contributed by atoms with Gasteiger partial charge in [-0.3, -0.25) is 0 Å². The van der Waals surface area contributed by atoms with Crippen LogP contribution in [0.5, 0.6) is 0 Å². The van der Waals surface area contributed by atoms with Gasteiger partial charge in [0, 0.05) is 12.6 Å². The number of hydrogen-bond acceptors (Lipinski definition) is 3. The number of sulfonamides is 1. The van der Waals surface area contributed by atoms with E-state index in [0.29, 0.717) is 6.54 Å². The number of hydrogen-bond donors (Lipinski definition) is 2. The molecule has 2 rings (SSSR count). The summed E-state index contributed by atoms with van der Waals surface area (Å²) in [6.45, 7) is 1.45. The summed E-state index contributed by atoms with van der Waals surface area (Å²) in [5.41, 5.74) is 0. The van der Waals surface area contributed by atoms with Gasteiger partial charge in [-0.1, -0.05) is 29.3 Å². The number of nitrogens with one attached hydrogen (secondary N) is 2. The molecule has 1 saturated heterocycles. The van der Waals surface area contributed by atoms with E-state index in [9.17, 15) is 8.42 Å². The number of rotatable bonds is 3. The van der Waals surface area contributed by atoms with Crippen molar-refractivity contribution in [1.82, 2.24) is 10.0 Å². The zero-order chi connectivity index (χ0) is 12.5. The molecule has 0 spiro atoms. The van der Waals surface area contributed by atoms with Crippen molar-refractivity contribution in [3.63, 3.8) is 0 Å². The molecule has 1 aromatic rings. The molecule has 0 saturated carbocycles. The van der Waals surface area contributed by atoms with Crippen LogP contribution in [0.25, 0.3) is 0 Å². The third-order valence-corrected chi connectivity index (χ3v) is 5.08. The number of halogens is 2. The second kappa shape index (κ2) is 5.12. The highest BCUT2D eigenvalue weighted by Gasteiger charge is 2.25. The van der Waals surface area contributed by atoms with Crippen LogP contribution >= 0.6 is 23.2 Å².